The molecule has 1 amide bonds. The van der Waals surface area contributed by atoms with Crippen LogP contribution < -0.4 is 5.32 Å². The monoisotopic (exact) mass is 435 g/mol. The summed E-state index contributed by atoms with van der Waals surface area (Å²) in [6.07, 6.45) is 1.80. The second kappa shape index (κ2) is 8.56. The van der Waals surface area contributed by atoms with Crippen molar-refractivity contribution in [2.24, 2.45) is 0 Å². The third kappa shape index (κ3) is 5.11. The van der Waals surface area contributed by atoms with Crippen LogP contribution in [0.5, 0.6) is 0 Å². The summed E-state index contributed by atoms with van der Waals surface area (Å²) in [6.45, 7) is 0.566. The molecule has 0 fully saturated rings. The zero-order valence-electron chi connectivity index (χ0n) is 13.1. The molecule has 25 heavy (non-hydrogen) atoms. The molecule has 0 spiro atoms. The normalized spacial score (nSPS) is 10.6. The van der Waals surface area contributed by atoms with E-state index in [-0.39, 0.29) is 5.91 Å². The fourth-order valence-corrected chi connectivity index (χ4v) is 3.27. The number of carbonyl (C=O) groups excluding carboxylic acids is 1. The number of nitrogens with zero attached hydrogens (tertiary/aromatic N) is 1. The second-order valence-electron chi connectivity index (χ2n) is 5.22. The van der Waals surface area contributed by atoms with Gasteiger partial charge in [0.05, 0.1) is 11.9 Å². The third-order valence-corrected chi connectivity index (χ3v) is 5.11. The molecule has 0 radical (unpaired) electrons. The Morgan fingerprint density at radius 3 is 2.60 bits per heavy atom. The van der Waals surface area contributed by atoms with Crippen LogP contribution in [0, 0.1) is 0 Å². The highest BCUT2D eigenvalue weighted by Crippen LogP contribution is 2.22. The number of carbonyl (C=O) groups is 1. The number of amides is 1. The Balaban J connectivity index is 1.47. The highest BCUT2D eigenvalue weighted by Gasteiger charge is 2.06. The van der Waals surface area contributed by atoms with Gasteiger partial charge in [0.25, 0.3) is 5.91 Å². The topological polar surface area (TPSA) is 57.8 Å². The molecule has 7 heteroatoms. The summed E-state index contributed by atoms with van der Waals surface area (Å²) in [5, 5.41) is 4.43. The number of nitrogens with one attached hydrogen (secondary N) is 2. The lowest BCUT2D eigenvalue weighted by atomic mass is 10.2. The molecule has 0 aliphatic rings. The average molecular weight is 437 g/mol. The first-order valence-corrected chi connectivity index (χ1v) is 9.75. The number of halogens is 2. The summed E-state index contributed by atoms with van der Waals surface area (Å²) in [7, 11) is 0. The van der Waals surface area contributed by atoms with Crippen LogP contribution in [-0.2, 0) is 0 Å². The molecule has 3 aromatic rings. The van der Waals surface area contributed by atoms with E-state index in [0.29, 0.717) is 17.1 Å². The summed E-state index contributed by atoms with van der Waals surface area (Å²) in [5.74, 6) is 0.657. The Hall–Kier alpha value is -1.76. The molecular formula is C18H15BrClN3OS. The van der Waals surface area contributed by atoms with E-state index in [1.54, 1.807) is 30.1 Å². The first-order chi connectivity index (χ1) is 12.1. The van der Waals surface area contributed by atoms with E-state index in [2.05, 4.69) is 31.2 Å². The standard InChI is InChI=1S/C18H15BrClN3OS/c19-14-5-1-13(2-6-14)17(24)21-9-10-25-18-22-11-16(23-18)12-3-7-15(20)8-4-12/h1-8,11H,9-10H2,(H,21,24)(H,22,23). The molecule has 1 aromatic heterocycles. The number of aromatic nitrogens is 2. The van der Waals surface area contributed by atoms with E-state index in [9.17, 15) is 4.79 Å². The molecule has 4 nitrogen and oxygen atoms in total. The minimum atomic E-state index is -0.0746. The maximum atomic E-state index is 12.0. The molecule has 0 aliphatic heterocycles. The van der Waals surface area contributed by atoms with Crippen molar-refractivity contribution in [3.05, 3.63) is 69.8 Å². The molecule has 0 aliphatic carbocycles. The van der Waals surface area contributed by atoms with E-state index < -0.39 is 0 Å². The van der Waals surface area contributed by atoms with Gasteiger partial charge in [-0.1, -0.05) is 51.4 Å². The summed E-state index contributed by atoms with van der Waals surface area (Å²) in [6, 6.07) is 14.9. The quantitative estimate of drug-likeness (QED) is 0.421. The van der Waals surface area contributed by atoms with Gasteiger partial charge < -0.3 is 10.3 Å². The molecule has 0 saturated carbocycles. The predicted octanol–water partition coefficient (Wildman–Crippen LogP) is 5.01. The molecule has 3 rings (SSSR count). The first-order valence-electron chi connectivity index (χ1n) is 7.59. The molecule has 1 heterocycles. The van der Waals surface area contributed by atoms with Crippen molar-refractivity contribution in [2.45, 2.75) is 5.16 Å². The highest BCUT2D eigenvalue weighted by atomic mass is 79.9. The van der Waals surface area contributed by atoms with Crippen molar-refractivity contribution in [1.82, 2.24) is 15.3 Å². The molecule has 128 valence electrons. The van der Waals surface area contributed by atoms with Gasteiger partial charge in [-0.05, 0) is 42.0 Å². The molecule has 2 N–H and O–H groups in total. The van der Waals surface area contributed by atoms with Crippen molar-refractivity contribution >= 4 is 45.2 Å². The number of thioether (sulfide) groups is 1. The largest absolute Gasteiger partial charge is 0.351 e. The molecule has 2 aromatic carbocycles. The predicted molar refractivity (Wildman–Crippen MR) is 106 cm³/mol. The summed E-state index contributed by atoms with van der Waals surface area (Å²) < 4.78 is 0.953. The van der Waals surface area contributed by atoms with E-state index in [1.165, 1.54) is 0 Å². The second-order valence-corrected chi connectivity index (χ2v) is 7.66. The smallest absolute Gasteiger partial charge is 0.251 e. The van der Waals surface area contributed by atoms with Crippen LogP contribution in [0.4, 0.5) is 0 Å². The molecule has 0 bridgehead atoms. The van der Waals surface area contributed by atoms with Gasteiger partial charge in [-0.2, -0.15) is 0 Å². The Labute approximate surface area is 163 Å². The Bertz CT molecular complexity index is 850. The van der Waals surface area contributed by atoms with Gasteiger partial charge >= 0.3 is 0 Å². The maximum Gasteiger partial charge on any atom is 0.251 e. The summed E-state index contributed by atoms with van der Waals surface area (Å²) >= 11 is 10.8. The molecule has 0 saturated heterocycles. The zero-order valence-corrected chi connectivity index (χ0v) is 16.3. The number of aromatic amines is 1. The summed E-state index contributed by atoms with van der Waals surface area (Å²) in [4.78, 5) is 19.6. The maximum absolute atomic E-state index is 12.0. The van der Waals surface area contributed by atoms with Crippen molar-refractivity contribution < 1.29 is 4.79 Å². The third-order valence-electron chi connectivity index (χ3n) is 3.44. The van der Waals surface area contributed by atoms with Crippen LogP contribution in [0.15, 0.2) is 64.4 Å². The van der Waals surface area contributed by atoms with Crippen LogP contribution >= 0.6 is 39.3 Å². The number of imidazole rings is 1. The van der Waals surface area contributed by atoms with Gasteiger partial charge in [0, 0.05) is 27.4 Å². The lowest BCUT2D eigenvalue weighted by Crippen LogP contribution is -2.25. The number of benzene rings is 2. The first kappa shape index (κ1) is 18.0. The van der Waals surface area contributed by atoms with Crippen molar-refractivity contribution in [2.75, 3.05) is 12.3 Å². The highest BCUT2D eigenvalue weighted by molar-refractivity contribution is 9.10. The zero-order chi connectivity index (χ0) is 17.6. The molecule has 0 atom stereocenters. The number of hydrogen-bond donors (Lipinski definition) is 2. The van der Waals surface area contributed by atoms with Crippen LogP contribution in [0.3, 0.4) is 0 Å². The number of rotatable bonds is 6. The van der Waals surface area contributed by atoms with Gasteiger partial charge in [0.15, 0.2) is 5.16 Å². The van der Waals surface area contributed by atoms with E-state index in [1.807, 2.05) is 36.4 Å². The lowest BCUT2D eigenvalue weighted by molar-refractivity contribution is 0.0956. The number of hydrogen-bond acceptors (Lipinski definition) is 3. The van der Waals surface area contributed by atoms with Crippen molar-refractivity contribution in [1.29, 1.82) is 0 Å². The van der Waals surface area contributed by atoms with Crippen molar-refractivity contribution in [3.8, 4) is 11.3 Å². The van der Waals surface area contributed by atoms with Crippen LogP contribution in [0.2, 0.25) is 5.02 Å². The van der Waals surface area contributed by atoms with E-state index >= 15 is 0 Å². The SMILES string of the molecule is O=C(NCCSc1ncc(-c2ccc(Cl)cc2)[nH]1)c1ccc(Br)cc1. The average Bonchev–Trinajstić information content (AvgIpc) is 3.09. The minimum Gasteiger partial charge on any atom is -0.351 e. The minimum absolute atomic E-state index is 0.0746. The van der Waals surface area contributed by atoms with E-state index in [4.69, 9.17) is 11.6 Å². The van der Waals surface area contributed by atoms with Crippen LogP contribution in [0.1, 0.15) is 10.4 Å². The van der Waals surface area contributed by atoms with Gasteiger partial charge in [0.2, 0.25) is 0 Å². The fraction of sp³-hybridized carbons (Fsp3) is 0.111. The number of H-pyrrole nitrogens is 1. The summed E-state index contributed by atoms with van der Waals surface area (Å²) in [5.41, 5.74) is 2.63. The van der Waals surface area contributed by atoms with Gasteiger partial charge in [-0.3, -0.25) is 4.79 Å². The Morgan fingerprint density at radius 1 is 1.16 bits per heavy atom. The van der Waals surface area contributed by atoms with Gasteiger partial charge in [0.1, 0.15) is 0 Å². The molecule has 0 unspecified atom stereocenters. The lowest BCUT2D eigenvalue weighted by Gasteiger charge is -2.04. The Kier molecular flexibility index (Phi) is 6.18. The molecular weight excluding hydrogens is 422 g/mol. The van der Waals surface area contributed by atoms with Crippen molar-refractivity contribution in [3.63, 3.8) is 0 Å². The van der Waals surface area contributed by atoms with Gasteiger partial charge in [-0.15, -0.1) is 0 Å². The van der Waals surface area contributed by atoms with E-state index in [0.717, 1.165) is 26.6 Å². The van der Waals surface area contributed by atoms with Crippen LogP contribution in [-0.4, -0.2) is 28.2 Å². The van der Waals surface area contributed by atoms with Gasteiger partial charge in [-0.25, -0.2) is 4.98 Å². The Morgan fingerprint density at radius 2 is 1.88 bits per heavy atom. The fourth-order valence-electron chi connectivity index (χ4n) is 2.17. The van der Waals surface area contributed by atoms with Crippen LogP contribution in [0.25, 0.3) is 11.3 Å².